The van der Waals surface area contributed by atoms with Gasteiger partial charge in [-0.25, -0.2) is 4.98 Å². The number of anilines is 1. The summed E-state index contributed by atoms with van der Waals surface area (Å²) in [6.07, 6.45) is 0. The van der Waals surface area contributed by atoms with Gasteiger partial charge in [0.15, 0.2) is 5.13 Å². The third-order valence-corrected chi connectivity index (χ3v) is 4.75. The third kappa shape index (κ3) is 3.89. The van der Waals surface area contributed by atoms with Crippen LogP contribution >= 0.6 is 23.1 Å². The third-order valence-electron chi connectivity index (χ3n) is 2.96. The van der Waals surface area contributed by atoms with Crippen molar-refractivity contribution >= 4 is 34.1 Å². The van der Waals surface area contributed by atoms with Crippen LogP contribution in [0.15, 0.2) is 34.8 Å². The number of aromatic nitrogens is 5. The lowest BCUT2D eigenvalue weighted by Gasteiger charge is -2.05. The van der Waals surface area contributed by atoms with Crippen molar-refractivity contribution in [3.63, 3.8) is 0 Å². The van der Waals surface area contributed by atoms with Crippen LogP contribution in [0.25, 0.3) is 5.69 Å². The van der Waals surface area contributed by atoms with Crippen LogP contribution in [0.1, 0.15) is 5.69 Å². The number of hydrogen-bond acceptors (Lipinski definition) is 8. The first kappa shape index (κ1) is 16.4. The molecule has 0 atom stereocenters. The van der Waals surface area contributed by atoms with Crippen molar-refractivity contribution < 1.29 is 9.53 Å². The summed E-state index contributed by atoms with van der Waals surface area (Å²) in [5.41, 5.74) is 1.67. The number of rotatable bonds is 6. The first-order valence-corrected chi connectivity index (χ1v) is 8.80. The first-order chi connectivity index (χ1) is 11.7. The lowest BCUT2D eigenvalue weighted by molar-refractivity contribution is -0.113. The van der Waals surface area contributed by atoms with Gasteiger partial charge in [0.2, 0.25) is 11.1 Å². The van der Waals surface area contributed by atoms with Crippen LogP contribution < -0.4 is 10.1 Å². The van der Waals surface area contributed by atoms with Gasteiger partial charge in [-0.2, -0.15) is 4.68 Å². The van der Waals surface area contributed by atoms with Gasteiger partial charge in [-0.05, 0) is 41.6 Å². The minimum atomic E-state index is -0.154. The summed E-state index contributed by atoms with van der Waals surface area (Å²) in [6, 6.07) is 7.33. The van der Waals surface area contributed by atoms with E-state index in [1.54, 1.807) is 11.8 Å². The van der Waals surface area contributed by atoms with Gasteiger partial charge in [-0.3, -0.25) is 4.79 Å². The molecule has 0 saturated heterocycles. The van der Waals surface area contributed by atoms with E-state index in [0.29, 0.717) is 10.3 Å². The van der Waals surface area contributed by atoms with E-state index in [4.69, 9.17) is 4.74 Å². The predicted molar refractivity (Wildman–Crippen MR) is 91.9 cm³/mol. The highest BCUT2D eigenvalue weighted by Crippen LogP contribution is 2.21. The quantitative estimate of drug-likeness (QED) is 0.671. The largest absolute Gasteiger partial charge is 0.497 e. The number of carbonyl (C=O) groups is 1. The summed E-state index contributed by atoms with van der Waals surface area (Å²) in [5, 5.41) is 17.4. The standard InChI is InChI=1S/C14H14N6O2S2/c1-9-7-23-13(15-9)16-12(21)8-24-14-17-18-19-20(14)10-3-5-11(22-2)6-4-10/h3-7H,8H2,1-2H3,(H,15,16,21). The average Bonchev–Trinajstić information content (AvgIpc) is 3.22. The second-order valence-corrected chi connectivity index (χ2v) is 6.50. The monoisotopic (exact) mass is 362 g/mol. The van der Waals surface area contributed by atoms with Crippen molar-refractivity contribution in [1.82, 2.24) is 25.2 Å². The van der Waals surface area contributed by atoms with E-state index in [1.807, 2.05) is 36.6 Å². The Morgan fingerprint density at radius 1 is 1.38 bits per heavy atom. The Kier molecular flexibility index (Phi) is 5.06. The molecule has 0 spiro atoms. The number of methoxy groups -OCH3 is 1. The van der Waals surface area contributed by atoms with Crippen molar-refractivity contribution in [3.8, 4) is 11.4 Å². The number of hydrogen-bond donors (Lipinski definition) is 1. The number of amides is 1. The van der Waals surface area contributed by atoms with Gasteiger partial charge in [0.1, 0.15) is 5.75 Å². The molecular formula is C14H14N6O2S2. The van der Waals surface area contributed by atoms with Gasteiger partial charge < -0.3 is 10.1 Å². The molecular weight excluding hydrogens is 348 g/mol. The molecule has 3 rings (SSSR count). The van der Waals surface area contributed by atoms with Crippen LogP contribution in [0.5, 0.6) is 5.75 Å². The first-order valence-electron chi connectivity index (χ1n) is 6.93. The van der Waals surface area contributed by atoms with Gasteiger partial charge in [-0.1, -0.05) is 11.8 Å². The number of aryl methyl sites for hydroxylation is 1. The zero-order valence-electron chi connectivity index (χ0n) is 13.0. The number of nitrogens with zero attached hydrogens (tertiary/aromatic N) is 5. The van der Waals surface area contributed by atoms with Crippen LogP contribution in [0.2, 0.25) is 0 Å². The molecule has 2 aromatic heterocycles. The van der Waals surface area contributed by atoms with Gasteiger partial charge in [0, 0.05) is 5.38 Å². The van der Waals surface area contributed by atoms with Crippen molar-refractivity contribution in [2.45, 2.75) is 12.1 Å². The normalized spacial score (nSPS) is 10.6. The molecule has 0 aliphatic carbocycles. The minimum Gasteiger partial charge on any atom is -0.497 e. The van der Waals surface area contributed by atoms with Crippen LogP contribution in [0, 0.1) is 6.92 Å². The molecule has 0 bridgehead atoms. The summed E-state index contributed by atoms with van der Waals surface area (Å²) in [6.45, 7) is 1.88. The molecule has 0 unspecified atom stereocenters. The second kappa shape index (κ2) is 7.41. The number of carbonyl (C=O) groups excluding carboxylic acids is 1. The lowest BCUT2D eigenvalue weighted by Crippen LogP contribution is -2.14. The Labute approximate surface area is 146 Å². The van der Waals surface area contributed by atoms with E-state index in [1.165, 1.54) is 23.1 Å². The van der Waals surface area contributed by atoms with E-state index >= 15 is 0 Å². The number of ether oxygens (including phenoxy) is 1. The summed E-state index contributed by atoms with van der Waals surface area (Å²) in [5.74, 6) is 0.785. The van der Waals surface area contributed by atoms with Gasteiger partial charge in [-0.15, -0.1) is 16.4 Å². The summed E-state index contributed by atoms with van der Waals surface area (Å²) < 4.78 is 6.70. The molecule has 0 aliphatic heterocycles. The SMILES string of the molecule is COc1ccc(-n2nnnc2SCC(=O)Nc2nc(C)cs2)cc1. The molecule has 124 valence electrons. The zero-order valence-corrected chi connectivity index (χ0v) is 14.6. The summed E-state index contributed by atoms with van der Waals surface area (Å²) >= 11 is 2.65. The molecule has 1 N–H and O–H groups in total. The lowest BCUT2D eigenvalue weighted by atomic mass is 10.3. The smallest absolute Gasteiger partial charge is 0.236 e. The molecule has 10 heteroatoms. The number of nitrogens with one attached hydrogen (secondary N) is 1. The molecule has 0 radical (unpaired) electrons. The molecule has 1 aromatic carbocycles. The van der Waals surface area contributed by atoms with E-state index in [9.17, 15) is 4.79 Å². The summed E-state index contributed by atoms with van der Waals surface area (Å²) in [7, 11) is 1.61. The number of thiazole rings is 1. The van der Waals surface area contributed by atoms with E-state index in [-0.39, 0.29) is 11.7 Å². The molecule has 0 aliphatic rings. The average molecular weight is 362 g/mol. The van der Waals surface area contributed by atoms with E-state index < -0.39 is 0 Å². The second-order valence-electron chi connectivity index (χ2n) is 4.70. The number of thioether (sulfide) groups is 1. The van der Waals surface area contributed by atoms with Crippen LogP contribution in [0.4, 0.5) is 5.13 Å². The molecule has 24 heavy (non-hydrogen) atoms. The molecule has 0 fully saturated rings. The van der Waals surface area contributed by atoms with Gasteiger partial charge >= 0.3 is 0 Å². The fourth-order valence-corrected chi connectivity index (χ4v) is 3.25. The fourth-order valence-electron chi connectivity index (χ4n) is 1.85. The van der Waals surface area contributed by atoms with Crippen molar-refractivity contribution in [2.24, 2.45) is 0 Å². The van der Waals surface area contributed by atoms with Crippen LogP contribution in [-0.2, 0) is 4.79 Å². The fraction of sp³-hybridized carbons (Fsp3) is 0.214. The van der Waals surface area contributed by atoms with Crippen LogP contribution in [-0.4, -0.2) is 44.0 Å². The Hall–Kier alpha value is -2.46. The van der Waals surface area contributed by atoms with Gasteiger partial charge in [0.05, 0.1) is 24.2 Å². The Morgan fingerprint density at radius 2 is 2.17 bits per heavy atom. The van der Waals surface area contributed by atoms with E-state index in [0.717, 1.165) is 17.1 Å². The van der Waals surface area contributed by atoms with Crippen molar-refractivity contribution in [3.05, 3.63) is 35.3 Å². The summed E-state index contributed by atoms with van der Waals surface area (Å²) in [4.78, 5) is 16.2. The Balaban J connectivity index is 1.63. The zero-order chi connectivity index (χ0) is 16.9. The maximum absolute atomic E-state index is 12.0. The van der Waals surface area contributed by atoms with Gasteiger partial charge in [0.25, 0.3) is 0 Å². The minimum absolute atomic E-state index is 0.154. The number of tetrazole rings is 1. The molecule has 0 saturated carbocycles. The molecule has 8 nitrogen and oxygen atoms in total. The topological polar surface area (TPSA) is 94.8 Å². The highest BCUT2D eigenvalue weighted by molar-refractivity contribution is 7.99. The van der Waals surface area contributed by atoms with Crippen LogP contribution in [0.3, 0.4) is 0 Å². The Morgan fingerprint density at radius 3 is 2.83 bits per heavy atom. The highest BCUT2D eigenvalue weighted by Gasteiger charge is 2.12. The molecule has 1 amide bonds. The van der Waals surface area contributed by atoms with Crippen molar-refractivity contribution in [1.29, 1.82) is 0 Å². The number of benzene rings is 1. The molecule has 3 aromatic rings. The maximum atomic E-state index is 12.0. The molecule has 2 heterocycles. The highest BCUT2D eigenvalue weighted by atomic mass is 32.2. The van der Waals surface area contributed by atoms with Crippen molar-refractivity contribution in [2.75, 3.05) is 18.2 Å². The predicted octanol–water partition coefficient (Wildman–Crippen LogP) is 2.17. The van der Waals surface area contributed by atoms with E-state index in [2.05, 4.69) is 25.8 Å². The Bertz CT molecular complexity index is 830. The maximum Gasteiger partial charge on any atom is 0.236 e.